The first-order valence-electron chi connectivity index (χ1n) is 5.30. The van der Waals surface area contributed by atoms with Crippen LogP contribution in [0, 0.1) is 5.92 Å². The number of rotatable bonds is 7. The molecule has 0 rings (SSSR count). The minimum Gasteiger partial charge on any atom is -0.354 e. The van der Waals surface area contributed by atoms with E-state index in [0.717, 1.165) is 0 Å². The first-order valence-corrected chi connectivity index (χ1v) is 6.79. The van der Waals surface area contributed by atoms with Crippen LogP contribution in [0.4, 0.5) is 0 Å². The lowest BCUT2D eigenvalue weighted by Crippen LogP contribution is -2.31. The Kier molecular flexibility index (Phi) is 7.60. The molecule has 15 heavy (non-hydrogen) atoms. The zero-order chi connectivity index (χ0) is 11.8. The van der Waals surface area contributed by atoms with Gasteiger partial charge in [-0.15, -0.1) is 0 Å². The third kappa shape index (κ3) is 8.57. The van der Waals surface area contributed by atoms with Crippen LogP contribution in [0.25, 0.3) is 0 Å². The van der Waals surface area contributed by atoms with E-state index in [1.165, 1.54) is 0 Å². The minimum absolute atomic E-state index is 0.0289. The van der Waals surface area contributed by atoms with Crippen LogP contribution in [0.3, 0.4) is 0 Å². The van der Waals surface area contributed by atoms with Crippen LogP contribution in [0.1, 0.15) is 27.2 Å². The highest BCUT2D eigenvalue weighted by atomic mass is 32.2. The molecule has 0 saturated carbocycles. The van der Waals surface area contributed by atoms with Gasteiger partial charge < -0.3 is 11.1 Å². The van der Waals surface area contributed by atoms with Gasteiger partial charge in [0.15, 0.2) is 0 Å². The molecule has 4 nitrogen and oxygen atoms in total. The second kappa shape index (κ2) is 7.82. The Morgan fingerprint density at radius 3 is 2.47 bits per heavy atom. The molecule has 0 saturated heterocycles. The number of nitrogens with one attached hydrogen (secondary N) is 1. The number of carbonyl (C=O) groups excluding carboxylic acids is 1. The molecule has 3 N–H and O–H groups in total. The average Bonchev–Trinajstić information content (AvgIpc) is 2.13. The summed E-state index contributed by atoms with van der Waals surface area (Å²) in [6.45, 7) is 6.33. The molecule has 0 aliphatic carbocycles. The van der Waals surface area contributed by atoms with Crippen molar-refractivity contribution in [3.8, 4) is 0 Å². The lowest BCUT2D eigenvalue weighted by atomic mass is 10.2. The highest BCUT2D eigenvalue weighted by Crippen LogP contribution is 1.98. The second-order valence-electron chi connectivity index (χ2n) is 4.12. The summed E-state index contributed by atoms with van der Waals surface area (Å²) in [6, 6.07) is 0.147. The normalized spacial score (nSPS) is 15.0. The van der Waals surface area contributed by atoms with Crippen LogP contribution in [0.2, 0.25) is 0 Å². The Hall–Kier alpha value is -0.420. The van der Waals surface area contributed by atoms with E-state index in [2.05, 4.69) is 5.32 Å². The molecule has 0 aromatic rings. The predicted molar refractivity (Wildman–Crippen MR) is 64.0 cm³/mol. The Morgan fingerprint density at radius 2 is 2.00 bits per heavy atom. The van der Waals surface area contributed by atoms with E-state index in [4.69, 9.17) is 5.73 Å². The summed E-state index contributed by atoms with van der Waals surface area (Å²) >= 11 is 0. The molecule has 0 bridgehead atoms. The lowest BCUT2D eigenvalue weighted by Gasteiger charge is -2.09. The van der Waals surface area contributed by atoms with Crippen molar-refractivity contribution < 1.29 is 9.00 Å². The zero-order valence-corrected chi connectivity index (χ0v) is 10.6. The quantitative estimate of drug-likeness (QED) is 0.663. The fraction of sp³-hybridized carbons (Fsp3) is 0.900. The SMILES string of the molecule is CC(CN)CS(=O)CCC(=O)NC(C)C. The summed E-state index contributed by atoms with van der Waals surface area (Å²) < 4.78 is 11.5. The van der Waals surface area contributed by atoms with Crippen LogP contribution in [0.5, 0.6) is 0 Å². The van der Waals surface area contributed by atoms with Gasteiger partial charge in [0.1, 0.15) is 0 Å². The van der Waals surface area contributed by atoms with Gasteiger partial charge in [0.2, 0.25) is 5.91 Å². The Balaban J connectivity index is 3.66. The first-order chi connectivity index (χ1) is 6.95. The maximum absolute atomic E-state index is 11.5. The van der Waals surface area contributed by atoms with E-state index in [1.54, 1.807) is 0 Å². The van der Waals surface area contributed by atoms with E-state index in [1.807, 2.05) is 20.8 Å². The third-order valence-electron chi connectivity index (χ3n) is 1.88. The molecule has 0 aliphatic rings. The molecule has 1 amide bonds. The van der Waals surface area contributed by atoms with E-state index >= 15 is 0 Å². The van der Waals surface area contributed by atoms with Gasteiger partial charge >= 0.3 is 0 Å². The summed E-state index contributed by atoms with van der Waals surface area (Å²) in [4.78, 5) is 11.2. The molecule has 90 valence electrons. The first kappa shape index (κ1) is 14.6. The van der Waals surface area contributed by atoms with E-state index in [-0.39, 0.29) is 17.9 Å². The summed E-state index contributed by atoms with van der Waals surface area (Å²) in [7, 11) is -0.926. The molecule has 2 unspecified atom stereocenters. The van der Waals surface area contributed by atoms with Crippen molar-refractivity contribution in [3.63, 3.8) is 0 Å². The van der Waals surface area contributed by atoms with Gasteiger partial charge in [-0.3, -0.25) is 9.00 Å². The fourth-order valence-electron chi connectivity index (χ4n) is 1.07. The minimum atomic E-state index is -0.926. The van der Waals surface area contributed by atoms with Crippen LogP contribution < -0.4 is 11.1 Å². The summed E-state index contributed by atoms with van der Waals surface area (Å²) in [6.07, 6.45) is 0.335. The van der Waals surface area contributed by atoms with Crippen molar-refractivity contribution in [2.75, 3.05) is 18.1 Å². The van der Waals surface area contributed by atoms with Crippen molar-refractivity contribution >= 4 is 16.7 Å². The zero-order valence-electron chi connectivity index (χ0n) is 9.79. The van der Waals surface area contributed by atoms with Crippen molar-refractivity contribution in [1.82, 2.24) is 5.32 Å². The molecule has 0 spiro atoms. The third-order valence-corrected chi connectivity index (χ3v) is 3.48. The van der Waals surface area contributed by atoms with Crippen LogP contribution in [-0.2, 0) is 15.6 Å². The van der Waals surface area contributed by atoms with Gasteiger partial charge in [-0.25, -0.2) is 0 Å². The number of carbonyl (C=O) groups is 1. The number of amides is 1. The van der Waals surface area contributed by atoms with E-state index in [9.17, 15) is 9.00 Å². The molecule has 0 aromatic carbocycles. The van der Waals surface area contributed by atoms with E-state index in [0.29, 0.717) is 24.5 Å². The largest absolute Gasteiger partial charge is 0.354 e. The molecule has 0 fully saturated rings. The van der Waals surface area contributed by atoms with Crippen LogP contribution in [-0.4, -0.2) is 34.2 Å². The number of nitrogens with two attached hydrogens (primary N) is 1. The lowest BCUT2D eigenvalue weighted by molar-refractivity contribution is -0.121. The van der Waals surface area contributed by atoms with Crippen LogP contribution >= 0.6 is 0 Å². The number of hydrogen-bond donors (Lipinski definition) is 2. The average molecular weight is 234 g/mol. The molecular formula is C10H22N2O2S. The molecule has 0 heterocycles. The molecule has 0 aromatic heterocycles. The number of hydrogen-bond acceptors (Lipinski definition) is 3. The van der Waals surface area contributed by atoms with Crippen LogP contribution in [0.15, 0.2) is 0 Å². The topological polar surface area (TPSA) is 72.2 Å². The fourth-order valence-corrected chi connectivity index (χ4v) is 2.42. The van der Waals surface area contributed by atoms with Gasteiger partial charge in [0.05, 0.1) is 0 Å². The summed E-state index contributed by atoms with van der Waals surface area (Å²) in [5.41, 5.74) is 5.43. The van der Waals surface area contributed by atoms with Gasteiger partial charge in [-0.2, -0.15) is 0 Å². The second-order valence-corrected chi connectivity index (χ2v) is 5.74. The smallest absolute Gasteiger partial charge is 0.221 e. The van der Waals surface area contributed by atoms with Gasteiger partial charge in [-0.1, -0.05) is 6.92 Å². The van der Waals surface area contributed by atoms with Crippen molar-refractivity contribution in [3.05, 3.63) is 0 Å². The van der Waals surface area contributed by atoms with Gasteiger partial charge in [-0.05, 0) is 26.3 Å². The standard InChI is InChI=1S/C10H22N2O2S/c1-8(2)12-10(13)4-5-15(14)7-9(3)6-11/h8-9H,4-7,11H2,1-3H3,(H,12,13). The maximum Gasteiger partial charge on any atom is 0.221 e. The Bertz CT molecular complexity index is 219. The predicted octanol–water partition coefficient (Wildman–Crippen LogP) is 0.245. The molecular weight excluding hydrogens is 212 g/mol. The van der Waals surface area contributed by atoms with Crippen molar-refractivity contribution in [1.29, 1.82) is 0 Å². The highest BCUT2D eigenvalue weighted by molar-refractivity contribution is 7.85. The molecule has 2 atom stereocenters. The highest BCUT2D eigenvalue weighted by Gasteiger charge is 2.09. The Morgan fingerprint density at radius 1 is 1.40 bits per heavy atom. The van der Waals surface area contributed by atoms with Crippen molar-refractivity contribution in [2.24, 2.45) is 11.7 Å². The summed E-state index contributed by atoms with van der Waals surface area (Å²) in [5.74, 6) is 1.26. The van der Waals surface area contributed by atoms with Gasteiger partial charge in [0, 0.05) is 34.8 Å². The maximum atomic E-state index is 11.5. The Labute approximate surface area is 94.4 Å². The monoisotopic (exact) mass is 234 g/mol. The molecule has 5 heteroatoms. The molecule has 0 aliphatic heterocycles. The summed E-state index contributed by atoms with van der Waals surface area (Å²) in [5, 5.41) is 2.77. The van der Waals surface area contributed by atoms with E-state index < -0.39 is 10.8 Å². The molecule has 0 radical (unpaired) electrons. The van der Waals surface area contributed by atoms with Gasteiger partial charge in [0.25, 0.3) is 0 Å². The van der Waals surface area contributed by atoms with Crippen molar-refractivity contribution in [2.45, 2.75) is 33.2 Å².